The highest BCUT2D eigenvalue weighted by Crippen LogP contribution is 2.40. The Balaban J connectivity index is 1.81. The Morgan fingerprint density at radius 2 is 1.79 bits per heavy atom. The van der Waals surface area contributed by atoms with Crippen LogP contribution >= 0.6 is 0 Å². The molecule has 1 saturated heterocycles. The molecule has 2 unspecified atom stereocenters. The van der Waals surface area contributed by atoms with E-state index in [1.54, 1.807) is 54.6 Å². The largest absolute Gasteiger partial charge is 0.310 e. The van der Waals surface area contributed by atoms with Gasteiger partial charge in [-0.3, -0.25) is 9.80 Å². The van der Waals surface area contributed by atoms with E-state index in [4.69, 9.17) is 0 Å². The maximum absolute atomic E-state index is 13.3. The van der Waals surface area contributed by atoms with Crippen LogP contribution in [0, 0.1) is 24.2 Å². The molecule has 2 aliphatic heterocycles. The van der Waals surface area contributed by atoms with Gasteiger partial charge in [-0.25, -0.2) is 8.42 Å². The number of hydrazine groups is 1. The molecule has 1 fully saturated rings. The highest BCUT2D eigenvalue weighted by atomic mass is 32.2. The lowest BCUT2D eigenvalue weighted by Crippen LogP contribution is -2.55. The third kappa shape index (κ3) is 2.85. The molecule has 0 aliphatic carbocycles. The first-order valence-corrected chi connectivity index (χ1v) is 10.2. The Bertz CT molecular complexity index is 1090. The number of nitrogens with zero attached hydrogens (tertiary/aromatic N) is 3. The first-order chi connectivity index (χ1) is 13.4. The van der Waals surface area contributed by atoms with E-state index < -0.39 is 27.9 Å². The van der Waals surface area contributed by atoms with Crippen molar-refractivity contribution >= 4 is 15.9 Å². The maximum atomic E-state index is 13.3. The Labute approximate surface area is 163 Å². The van der Waals surface area contributed by atoms with E-state index in [2.05, 4.69) is 5.32 Å². The predicted molar refractivity (Wildman–Crippen MR) is 101 cm³/mol. The molecule has 0 radical (unpaired) electrons. The number of sulfonamides is 1. The fourth-order valence-corrected chi connectivity index (χ4v) is 4.93. The lowest BCUT2D eigenvalue weighted by atomic mass is 9.91. The molecule has 4 rings (SSSR count). The average Bonchev–Trinajstić information content (AvgIpc) is 3.12. The van der Waals surface area contributed by atoms with Crippen LogP contribution in [0.1, 0.15) is 17.2 Å². The fourth-order valence-electron chi connectivity index (χ4n) is 3.51. The smallest absolute Gasteiger partial charge is 0.260 e. The van der Waals surface area contributed by atoms with Crippen molar-refractivity contribution in [3.63, 3.8) is 0 Å². The van der Waals surface area contributed by atoms with Gasteiger partial charge in [-0.05, 0) is 30.7 Å². The summed E-state index contributed by atoms with van der Waals surface area (Å²) in [5, 5.41) is 13.8. The average molecular weight is 394 g/mol. The van der Waals surface area contributed by atoms with Crippen LogP contribution in [0.15, 0.2) is 71.4 Å². The third-order valence-electron chi connectivity index (χ3n) is 4.92. The molecule has 142 valence electrons. The van der Waals surface area contributed by atoms with Gasteiger partial charge in [-0.1, -0.05) is 48.0 Å². The summed E-state index contributed by atoms with van der Waals surface area (Å²) in [6, 6.07) is 16.9. The first kappa shape index (κ1) is 18.2. The third-order valence-corrected chi connectivity index (χ3v) is 6.67. The van der Waals surface area contributed by atoms with E-state index in [-0.39, 0.29) is 11.4 Å². The number of hydrogen-bond acceptors (Lipinski definition) is 5. The Morgan fingerprint density at radius 1 is 1.11 bits per heavy atom. The molecule has 28 heavy (non-hydrogen) atoms. The highest BCUT2D eigenvalue weighted by molar-refractivity contribution is 7.89. The summed E-state index contributed by atoms with van der Waals surface area (Å²) in [6.45, 7) is 1.96. The molecule has 2 aromatic carbocycles. The number of aryl methyl sites for hydroxylation is 1. The Hall–Kier alpha value is -3.15. The molecule has 2 aromatic rings. The molecule has 0 saturated carbocycles. The van der Waals surface area contributed by atoms with E-state index in [1.165, 1.54) is 9.42 Å². The van der Waals surface area contributed by atoms with Crippen LogP contribution in [0.4, 0.5) is 0 Å². The molecule has 0 bridgehead atoms. The summed E-state index contributed by atoms with van der Waals surface area (Å²) in [4.78, 5) is 12.6. The molecular weight excluding hydrogens is 376 g/mol. The van der Waals surface area contributed by atoms with Gasteiger partial charge >= 0.3 is 0 Å². The van der Waals surface area contributed by atoms with Crippen molar-refractivity contribution in [2.45, 2.75) is 17.9 Å². The van der Waals surface area contributed by atoms with E-state index in [9.17, 15) is 18.5 Å². The van der Waals surface area contributed by atoms with Crippen molar-refractivity contribution in [1.29, 1.82) is 5.26 Å². The number of fused-ring (bicyclic) bond motifs is 1. The van der Waals surface area contributed by atoms with E-state index in [0.717, 1.165) is 5.56 Å². The summed E-state index contributed by atoms with van der Waals surface area (Å²) in [5.41, 5.74) is 1.65. The van der Waals surface area contributed by atoms with Crippen LogP contribution in [-0.2, 0) is 14.8 Å². The number of hydrogen-bond donors (Lipinski definition) is 1. The molecule has 1 N–H and O–H groups in total. The summed E-state index contributed by atoms with van der Waals surface area (Å²) >= 11 is 0. The fraction of sp³-hybridized carbons (Fsp3) is 0.200. The lowest BCUT2D eigenvalue weighted by molar-refractivity contribution is -0.130. The molecule has 0 spiro atoms. The molecule has 0 aromatic heterocycles. The second-order valence-electron chi connectivity index (χ2n) is 6.71. The van der Waals surface area contributed by atoms with Crippen molar-refractivity contribution in [2.24, 2.45) is 5.92 Å². The number of rotatable bonds is 3. The number of amides is 1. The maximum Gasteiger partial charge on any atom is 0.260 e. The molecular formula is C20H18N4O3S. The van der Waals surface area contributed by atoms with Gasteiger partial charge in [0.05, 0.1) is 23.6 Å². The van der Waals surface area contributed by atoms with Gasteiger partial charge in [0, 0.05) is 0 Å². The molecule has 2 heterocycles. The van der Waals surface area contributed by atoms with Crippen LogP contribution in [0.3, 0.4) is 0 Å². The van der Waals surface area contributed by atoms with Crippen LogP contribution in [0.25, 0.3) is 0 Å². The van der Waals surface area contributed by atoms with Gasteiger partial charge in [0.2, 0.25) is 5.91 Å². The standard InChI is InChI=1S/C20H18N4O3S/c1-14-7-9-16(10-8-14)28(26,27)23-12-11-18-22-20(25)17(13-21)19(24(18)23)15-5-3-2-4-6-15/h2-11,17,19H,12H2,1H3,(H,22,25). The van der Waals surface area contributed by atoms with Crippen LogP contribution in [0.2, 0.25) is 0 Å². The molecule has 2 aliphatic rings. The monoisotopic (exact) mass is 394 g/mol. The van der Waals surface area contributed by atoms with Crippen LogP contribution in [0.5, 0.6) is 0 Å². The second kappa shape index (κ2) is 6.78. The zero-order valence-electron chi connectivity index (χ0n) is 15.1. The minimum Gasteiger partial charge on any atom is -0.310 e. The van der Waals surface area contributed by atoms with Crippen LogP contribution < -0.4 is 5.32 Å². The zero-order valence-corrected chi connectivity index (χ0v) is 15.9. The number of nitrogens with one attached hydrogen (secondary N) is 1. The summed E-state index contributed by atoms with van der Waals surface area (Å²) in [7, 11) is -3.87. The summed E-state index contributed by atoms with van der Waals surface area (Å²) < 4.78 is 27.8. The van der Waals surface area contributed by atoms with Crippen molar-refractivity contribution in [1.82, 2.24) is 14.7 Å². The van der Waals surface area contributed by atoms with Gasteiger partial charge in [0.25, 0.3) is 10.0 Å². The molecule has 7 nitrogen and oxygen atoms in total. The van der Waals surface area contributed by atoms with Gasteiger partial charge in [-0.2, -0.15) is 5.26 Å². The van der Waals surface area contributed by atoms with Crippen LogP contribution in [-0.4, -0.2) is 30.3 Å². The minimum atomic E-state index is -3.87. The van der Waals surface area contributed by atoms with E-state index in [1.807, 2.05) is 19.1 Å². The van der Waals surface area contributed by atoms with Crippen molar-refractivity contribution < 1.29 is 13.2 Å². The Morgan fingerprint density at radius 3 is 2.43 bits per heavy atom. The second-order valence-corrected chi connectivity index (χ2v) is 8.55. The van der Waals surface area contributed by atoms with Gasteiger partial charge in [0.1, 0.15) is 5.82 Å². The van der Waals surface area contributed by atoms with Gasteiger partial charge in [0.15, 0.2) is 5.92 Å². The van der Waals surface area contributed by atoms with E-state index >= 15 is 0 Å². The molecule has 8 heteroatoms. The highest BCUT2D eigenvalue weighted by Gasteiger charge is 2.48. The minimum absolute atomic E-state index is 0.0767. The zero-order chi connectivity index (χ0) is 19.9. The SMILES string of the molecule is Cc1ccc(S(=O)(=O)N2CC=C3NC(=O)C(C#N)C(c4ccccc4)N32)cc1. The first-order valence-electron chi connectivity index (χ1n) is 8.77. The van der Waals surface area contributed by atoms with Crippen molar-refractivity contribution in [2.75, 3.05) is 6.54 Å². The molecule has 2 atom stereocenters. The number of benzene rings is 2. The number of carbonyl (C=O) groups excluding carboxylic acids is 1. The van der Waals surface area contributed by atoms with Crippen molar-refractivity contribution in [3.8, 4) is 6.07 Å². The number of carbonyl (C=O) groups is 1. The van der Waals surface area contributed by atoms with Gasteiger partial charge in [-0.15, -0.1) is 4.41 Å². The quantitative estimate of drug-likeness (QED) is 0.860. The van der Waals surface area contributed by atoms with Crippen molar-refractivity contribution in [3.05, 3.63) is 77.6 Å². The van der Waals surface area contributed by atoms with Gasteiger partial charge < -0.3 is 5.32 Å². The summed E-state index contributed by atoms with van der Waals surface area (Å²) in [6.07, 6.45) is 1.65. The van der Waals surface area contributed by atoms with E-state index in [0.29, 0.717) is 11.4 Å². The lowest BCUT2D eigenvalue weighted by Gasteiger charge is -2.42. The predicted octanol–water partition coefficient (Wildman–Crippen LogP) is 2.07. The summed E-state index contributed by atoms with van der Waals surface area (Å²) in [5.74, 6) is -1.11. The number of nitriles is 1. The topological polar surface area (TPSA) is 93.5 Å². The Kier molecular flexibility index (Phi) is 4.41. The normalized spacial score (nSPS) is 22.2. The molecule has 1 amide bonds.